The van der Waals surface area contributed by atoms with E-state index in [9.17, 15) is 33.9 Å². The van der Waals surface area contributed by atoms with Crippen molar-refractivity contribution < 1.29 is 38.6 Å². The molecule has 1 aromatic heterocycles. The van der Waals surface area contributed by atoms with E-state index >= 15 is 0 Å². The number of piperidine rings is 1. The number of anilines is 2. The molecule has 0 aliphatic carbocycles. The van der Waals surface area contributed by atoms with Gasteiger partial charge >= 0.3 is 0 Å². The molecule has 6 amide bonds. The van der Waals surface area contributed by atoms with Gasteiger partial charge < -0.3 is 47.1 Å². The van der Waals surface area contributed by atoms with Crippen LogP contribution >= 0.6 is 11.3 Å². The smallest absolute Gasteiger partial charge is 0.246 e. The number of aliphatic hydroxyl groups excluding tert-OH is 1. The minimum atomic E-state index is -0.891. The number of hydrogen-bond acceptors (Lipinski definition) is 12. The number of nitrogens with one attached hydrogen (secondary N) is 3. The number of carbonyl (C=O) groups is 6. The first-order valence-corrected chi connectivity index (χ1v) is 27.0. The summed E-state index contributed by atoms with van der Waals surface area (Å²) in [6.07, 6.45) is 3.40. The maximum absolute atomic E-state index is 14.2. The maximum Gasteiger partial charge on any atom is 0.246 e. The molecule has 18 heteroatoms. The first kappa shape index (κ1) is 54.1. The molecule has 3 aromatic carbocycles. The zero-order valence-electron chi connectivity index (χ0n) is 43.3. The van der Waals surface area contributed by atoms with E-state index in [-0.39, 0.29) is 74.9 Å². The van der Waals surface area contributed by atoms with Gasteiger partial charge in [-0.2, -0.15) is 0 Å². The molecule has 8 rings (SSSR count). The molecule has 2 fully saturated rings. The summed E-state index contributed by atoms with van der Waals surface area (Å²) in [4.78, 5) is 91.4. The molecule has 2 saturated heterocycles. The average molecular weight is 1030 g/mol. The van der Waals surface area contributed by atoms with E-state index in [4.69, 9.17) is 16.2 Å². The Kier molecular flexibility index (Phi) is 17.2. The van der Waals surface area contributed by atoms with Gasteiger partial charge in [-0.05, 0) is 104 Å². The number of nitrogens with zero attached hydrogens (tertiary/aromatic N) is 4. The molecule has 396 valence electrons. The highest BCUT2D eigenvalue weighted by atomic mass is 32.1. The number of ether oxygens (including phenoxy) is 1. The van der Waals surface area contributed by atoms with Crippen LogP contribution in [-0.2, 0) is 59.5 Å². The number of thiazole rings is 1. The summed E-state index contributed by atoms with van der Waals surface area (Å²) in [7, 11) is 0. The SMILES string of the molecule is Cc1ncsc1-c1ccc(CNC(=O)[C@@H]2C[C@@H](O)CN2C(=O)[C@@H](NC(=O)CCC2CCN(c3ccc(CO[C@H](C)[C@H](CCC(N)=O)NC(=O)[C@@H]4Cc5cccc6c5N4C(=O)[C@@H](N)CC6)cc3)CC2)C(C)(C)C)cc1. The number of primary amides is 1. The number of nitrogens with two attached hydrogens (primary N) is 2. The first-order valence-electron chi connectivity index (χ1n) is 26.1. The number of aromatic nitrogens is 1. The molecule has 17 nitrogen and oxygen atoms in total. The Morgan fingerprint density at radius 1 is 0.905 bits per heavy atom. The normalized spacial score (nSPS) is 21.1. The topological polar surface area (TPSA) is 243 Å². The fourth-order valence-electron chi connectivity index (χ4n) is 10.8. The Balaban J connectivity index is 0.782. The number of carbonyl (C=O) groups excluding carboxylic acids is 6. The molecule has 0 saturated carbocycles. The zero-order chi connectivity index (χ0) is 52.8. The largest absolute Gasteiger partial charge is 0.391 e. The molecular weight excluding hydrogens is 959 g/mol. The Morgan fingerprint density at radius 2 is 1.61 bits per heavy atom. The number of rotatable bonds is 19. The van der Waals surface area contributed by atoms with E-state index in [1.165, 1.54) is 4.90 Å². The molecule has 0 spiro atoms. The fraction of sp³-hybridized carbons (Fsp3) is 0.518. The summed E-state index contributed by atoms with van der Waals surface area (Å²) < 4.78 is 6.31. The van der Waals surface area contributed by atoms with Crippen LogP contribution in [-0.4, -0.2) is 112 Å². The molecule has 4 aliphatic rings. The number of likely N-dealkylation sites (tertiary alicyclic amines) is 1. The van der Waals surface area contributed by atoms with Gasteiger partial charge in [0.15, 0.2) is 0 Å². The summed E-state index contributed by atoms with van der Waals surface area (Å²) in [6, 6.07) is 18.2. The van der Waals surface area contributed by atoms with Crippen molar-refractivity contribution >= 4 is 58.2 Å². The van der Waals surface area contributed by atoms with Gasteiger partial charge in [0.05, 0.1) is 52.7 Å². The Hall–Kier alpha value is -6.21. The van der Waals surface area contributed by atoms with Gasteiger partial charge in [-0.3, -0.25) is 33.7 Å². The summed E-state index contributed by atoms with van der Waals surface area (Å²) in [6.45, 7) is 11.7. The van der Waals surface area contributed by atoms with Crippen molar-refractivity contribution in [3.8, 4) is 10.4 Å². The van der Waals surface area contributed by atoms with Crippen LogP contribution in [0.25, 0.3) is 10.4 Å². The molecule has 0 radical (unpaired) electrons. The Labute approximate surface area is 438 Å². The predicted molar refractivity (Wildman–Crippen MR) is 285 cm³/mol. The van der Waals surface area contributed by atoms with E-state index in [0.29, 0.717) is 31.6 Å². The summed E-state index contributed by atoms with van der Waals surface area (Å²) in [5.74, 6) is -1.69. The summed E-state index contributed by atoms with van der Waals surface area (Å²) >= 11 is 1.58. The van der Waals surface area contributed by atoms with Crippen LogP contribution in [0.2, 0.25) is 0 Å². The van der Waals surface area contributed by atoms with E-state index in [2.05, 4.69) is 38.0 Å². The highest BCUT2D eigenvalue weighted by molar-refractivity contribution is 7.13. The van der Waals surface area contributed by atoms with Crippen LogP contribution in [0.5, 0.6) is 0 Å². The van der Waals surface area contributed by atoms with Crippen molar-refractivity contribution in [1.29, 1.82) is 0 Å². The molecule has 0 unspecified atom stereocenters. The number of aliphatic hydroxyl groups is 1. The number of amides is 6. The van der Waals surface area contributed by atoms with Gasteiger partial charge in [0, 0.05) is 57.5 Å². The van der Waals surface area contributed by atoms with Gasteiger partial charge in [-0.25, -0.2) is 4.98 Å². The molecule has 5 heterocycles. The van der Waals surface area contributed by atoms with Crippen molar-refractivity contribution in [3.63, 3.8) is 0 Å². The maximum atomic E-state index is 14.2. The molecule has 0 bridgehead atoms. The van der Waals surface area contributed by atoms with Crippen molar-refractivity contribution in [1.82, 2.24) is 25.8 Å². The standard InChI is InChI=1S/C56H73N9O8S/c1-33-50(74-32-60-33)39-14-9-36(10-15-39)29-59-52(69)45-28-42(66)30-64(45)55(72)51(56(3,4)5)62-48(68)22-13-35-23-25-63(26-24-35)41-17-11-37(12-18-41)31-73-34(2)44(20-21-47(58)67)61-53(70)46-27-40-8-6-7-38-16-19-43(57)54(71)65(46)49(38)40/h6-12,14-15,17-18,32,34-35,42-46,51,66H,13,16,19-31,57H2,1-5H3,(H2,58,67)(H,59,69)(H,61,70)(H,62,68)/t34-,42-,43+,44+,45+,46+,51-/m1/s1. The number of benzene rings is 3. The van der Waals surface area contributed by atoms with Crippen LogP contribution < -0.4 is 37.2 Å². The first-order chi connectivity index (χ1) is 35.3. The lowest BCUT2D eigenvalue weighted by Crippen LogP contribution is -2.57. The monoisotopic (exact) mass is 1030 g/mol. The van der Waals surface area contributed by atoms with Crippen molar-refractivity contribution in [2.75, 3.05) is 29.4 Å². The third kappa shape index (κ3) is 12.8. The van der Waals surface area contributed by atoms with E-state index in [1.54, 1.807) is 16.2 Å². The Bertz CT molecular complexity index is 2660. The Morgan fingerprint density at radius 3 is 2.28 bits per heavy atom. The van der Waals surface area contributed by atoms with Gasteiger partial charge in [0.25, 0.3) is 0 Å². The molecular formula is C56H73N9O8S. The summed E-state index contributed by atoms with van der Waals surface area (Å²) in [5, 5.41) is 19.7. The number of hydrogen-bond donors (Lipinski definition) is 6. The highest BCUT2D eigenvalue weighted by Gasteiger charge is 2.46. The molecule has 4 aliphatic heterocycles. The van der Waals surface area contributed by atoms with Gasteiger partial charge in [-0.1, -0.05) is 75.4 Å². The second-order valence-electron chi connectivity index (χ2n) is 21.7. The lowest BCUT2D eigenvalue weighted by atomic mass is 9.85. The molecule has 4 aromatic rings. The minimum absolute atomic E-state index is 0.0103. The van der Waals surface area contributed by atoms with E-state index in [1.807, 2.05) is 94.7 Å². The minimum Gasteiger partial charge on any atom is -0.391 e. The molecule has 8 N–H and O–H groups in total. The highest BCUT2D eigenvalue weighted by Crippen LogP contribution is 2.39. The quantitative estimate of drug-likeness (QED) is 0.0745. The zero-order valence-corrected chi connectivity index (χ0v) is 44.1. The van der Waals surface area contributed by atoms with Gasteiger partial charge in [-0.15, -0.1) is 11.3 Å². The van der Waals surface area contributed by atoms with Crippen LogP contribution in [0.15, 0.2) is 72.2 Å². The van der Waals surface area contributed by atoms with Gasteiger partial charge in [0.2, 0.25) is 35.4 Å². The van der Waals surface area contributed by atoms with Crippen molar-refractivity contribution in [2.45, 2.75) is 154 Å². The lowest BCUT2D eigenvalue weighted by molar-refractivity contribution is -0.144. The van der Waals surface area contributed by atoms with Crippen molar-refractivity contribution in [2.24, 2.45) is 22.8 Å². The third-order valence-corrected chi connectivity index (χ3v) is 16.2. The summed E-state index contributed by atoms with van der Waals surface area (Å²) in [5.41, 5.74) is 20.6. The van der Waals surface area contributed by atoms with Crippen LogP contribution in [0.4, 0.5) is 11.4 Å². The average Bonchev–Trinajstić information content (AvgIpc) is 4.10. The fourth-order valence-corrected chi connectivity index (χ4v) is 11.7. The van der Waals surface area contributed by atoms with Gasteiger partial charge in [0.1, 0.15) is 18.1 Å². The number of aryl methyl sites for hydroxylation is 2. The lowest BCUT2D eigenvalue weighted by Gasteiger charge is -2.36. The van der Waals surface area contributed by atoms with Crippen molar-refractivity contribution in [3.05, 3.63) is 100 Å². The van der Waals surface area contributed by atoms with E-state index < -0.39 is 53.7 Å². The number of β-amino-alcohol motifs (C(OH)–C–C–N with tert-alkyl or cyclic N) is 1. The van der Waals surface area contributed by atoms with Crippen LogP contribution in [0, 0.1) is 18.3 Å². The second kappa shape index (κ2) is 23.6. The second-order valence-corrected chi connectivity index (χ2v) is 22.6. The molecule has 7 atom stereocenters. The van der Waals surface area contributed by atoms with Crippen LogP contribution in [0.1, 0.15) is 107 Å². The van der Waals surface area contributed by atoms with E-state index in [0.717, 1.165) is 75.7 Å². The van der Waals surface area contributed by atoms with Crippen LogP contribution in [0.3, 0.4) is 0 Å². The number of para-hydroxylation sites is 1. The molecule has 74 heavy (non-hydrogen) atoms. The predicted octanol–water partition coefficient (Wildman–Crippen LogP) is 4.81. The third-order valence-electron chi connectivity index (χ3n) is 15.3.